The first-order chi connectivity index (χ1) is 12.7. The van der Waals surface area contributed by atoms with Crippen LogP contribution in [-0.4, -0.2) is 33.7 Å². The van der Waals surface area contributed by atoms with Crippen LogP contribution in [0.2, 0.25) is 0 Å². The van der Waals surface area contributed by atoms with Crippen LogP contribution in [-0.2, 0) is 16.4 Å². The van der Waals surface area contributed by atoms with Crippen molar-refractivity contribution < 1.29 is 8.42 Å². The minimum atomic E-state index is -3.15. The van der Waals surface area contributed by atoms with Crippen molar-refractivity contribution in [1.29, 1.82) is 0 Å². The molecule has 5 nitrogen and oxygen atoms in total. The molecule has 0 bridgehead atoms. The molecule has 0 unspecified atom stereocenters. The average molecular weight is 522 g/mol. The van der Waals surface area contributed by atoms with Crippen molar-refractivity contribution in [3.8, 4) is 0 Å². The number of hydrogen-bond acceptors (Lipinski definition) is 3. The Morgan fingerprint density at radius 2 is 1.75 bits per heavy atom. The molecule has 0 saturated heterocycles. The molecule has 28 heavy (non-hydrogen) atoms. The number of guanidine groups is 1. The second kappa shape index (κ2) is 11.4. The Kier molecular flexibility index (Phi) is 10.2. The molecule has 1 saturated carbocycles. The van der Waals surface area contributed by atoms with E-state index in [1.165, 1.54) is 38.4 Å². The second-order valence-electron chi connectivity index (χ2n) is 8.27. The van der Waals surface area contributed by atoms with Gasteiger partial charge < -0.3 is 10.6 Å². The third kappa shape index (κ3) is 7.89. The van der Waals surface area contributed by atoms with Crippen molar-refractivity contribution in [1.82, 2.24) is 10.6 Å². The Labute approximate surface area is 188 Å². The lowest BCUT2D eigenvalue weighted by atomic mass is 9.78. The predicted octanol–water partition coefficient (Wildman–Crippen LogP) is 4.37. The van der Waals surface area contributed by atoms with Crippen LogP contribution in [0.5, 0.6) is 0 Å². The highest BCUT2D eigenvalue weighted by atomic mass is 127. The molecular weight excluding hydrogens is 485 g/mol. The van der Waals surface area contributed by atoms with E-state index in [4.69, 9.17) is 4.99 Å². The highest BCUT2D eigenvalue weighted by Gasteiger charge is 2.34. The van der Waals surface area contributed by atoms with Crippen LogP contribution < -0.4 is 10.6 Å². The Bertz CT molecular complexity index is 725. The quantitative estimate of drug-likeness (QED) is 0.303. The van der Waals surface area contributed by atoms with Gasteiger partial charge in [-0.05, 0) is 55.2 Å². The molecule has 2 rings (SSSR count). The van der Waals surface area contributed by atoms with Crippen LogP contribution >= 0.6 is 24.0 Å². The molecule has 1 aromatic carbocycles. The molecule has 0 aliphatic heterocycles. The lowest BCUT2D eigenvalue weighted by Gasteiger charge is -2.32. The maximum absolute atomic E-state index is 11.6. The first-order valence-electron chi connectivity index (χ1n) is 10.1. The van der Waals surface area contributed by atoms with Gasteiger partial charge in [0.1, 0.15) is 0 Å². The van der Waals surface area contributed by atoms with Gasteiger partial charge in [-0.1, -0.05) is 38.8 Å². The Morgan fingerprint density at radius 3 is 2.25 bits per heavy atom. The molecule has 1 aliphatic carbocycles. The normalized spacial score (nSPS) is 16.7. The summed E-state index contributed by atoms with van der Waals surface area (Å²) in [5.41, 5.74) is 1.39. The number of halogens is 1. The third-order valence-electron chi connectivity index (χ3n) is 5.25. The van der Waals surface area contributed by atoms with Gasteiger partial charge in [0.25, 0.3) is 0 Å². The van der Waals surface area contributed by atoms with E-state index in [1.54, 1.807) is 12.1 Å². The van der Waals surface area contributed by atoms with Gasteiger partial charge in [0.05, 0.1) is 11.4 Å². The number of hydrogen-bond donors (Lipinski definition) is 2. The fraction of sp³-hybridized carbons (Fsp3) is 0.667. The number of aliphatic imine (C=N–C) groups is 1. The van der Waals surface area contributed by atoms with Gasteiger partial charge in [-0.2, -0.15) is 0 Å². The van der Waals surface area contributed by atoms with E-state index in [1.807, 2.05) is 12.1 Å². The summed E-state index contributed by atoms with van der Waals surface area (Å²) in [6, 6.07) is 6.97. The molecule has 160 valence electrons. The summed E-state index contributed by atoms with van der Waals surface area (Å²) in [7, 11) is -3.15. The van der Waals surface area contributed by atoms with Crippen molar-refractivity contribution in [3.05, 3.63) is 29.8 Å². The summed E-state index contributed by atoms with van der Waals surface area (Å²) in [4.78, 5) is 5.04. The van der Waals surface area contributed by atoms with E-state index >= 15 is 0 Å². The Balaban J connectivity index is 0.00000392. The van der Waals surface area contributed by atoms with Crippen molar-refractivity contribution in [2.75, 3.05) is 19.3 Å². The van der Waals surface area contributed by atoms with Gasteiger partial charge in [0, 0.05) is 19.3 Å². The van der Waals surface area contributed by atoms with Crippen molar-refractivity contribution in [2.45, 2.75) is 64.3 Å². The van der Waals surface area contributed by atoms with Gasteiger partial charge in [-0.3, -0.25) is 0 Å². The summed E-state index contributed by atoms with van der Waals surface area (Å²) < 4.78 is 23.1. The lowest BCUT2D eigenvalue weighted by Crippen LogP contribution is -2.43. The first kappa shape index (κ1) is 25.2. The zero-order valence-corrected chi connectivity index (χ0v) is 20.8. The SMILES string of the molecule is CCNC(=NCc1ccc(S(C)(=O)=O)cc1)NCC1(CC(C)C)CCCC1.I. The van der Waals surface area contributed by atoms with Gasteiger partial charge in [-0.25, -0.2) is 13.4 Å². The molecule has 1 aliphatic rings. The van der Waals surface area contributed by atoms with Crippen molar-refractivity contribution in [3.63, 3.8) is 0 Å². The molecule has 1 fully saturated rings. The van der Waals surface area contributed by atoms with Crippen LogP contribution in [0.15, 0.2) is 34.2 Å². The van der Waals surface area contributed by atoms with Gasteiger partial charge in [0.2, 0.25) is 0 Å². The summed E-state index contributed by atoms with van der Waals surface area (Å²) in [6.45, 7) is 8.98. The monoisotopic (exact) mass is 521 g/mol. The Morgan fingerprint density at radius 1 is 1.14 bits per heavy atom. The highest BCUT2D eigenvalue weighted by Crippen LogP contribution is 2.42. The number of nitrogens with one attached hydrogen (secondary N) is 2. The molecule has 0 amide bonds. The number of nitrogens with zero attached hydrogens (tertiary/aromatic N) is 1. The zero-order valence-electron chi connectivity index (χ0n) is 17.6. The van der Waals surface area contributed by atoms with Gasteiger partial charge in [-0.15, -0.1) is 24.0 Å². The highest BCUT2D eigenvalue weighted by molar-refractivity contribution is 14.0. The molecule has 7 heteroatoms. The minimum Gasteiger partial charge on any atom is -0.357 e. The summed E-state index contributed by atoms with van der Waals surface area (Å²) in [5, 5.41) is 6.88. The van der Waals surface area contributed by atoms with E-state index in [9.17, 15) is 8.42 Å². The largest absolute Gasteiger partial charge is 0.357 e. The standard InChI is InChI=1S/C21H35N3O2S.HI/c1-5-22-20(24-16-21(14-17(2)3)12-6-7-13-21)23-15-18-8-10-19(11-9-18)27(4,25)26;/h8-11,17H,5-7,12-16H2,1-4H3,(H2,22,23,24);1H. The first-order valence-corrected chi connectivity index (χ1v) is 11.9. The molecule has 0 radical (unpaired) electrons. The molecule has 0 heterocycles. The zero-order chi connectivity index (χ0) is 19.9. The Hall–Kier alpha value is -0.830. The predicted molar refractivity (Wildman–Crippen MR) is 128 cm³/mol. The van der Waals surface area contributed by atoms with E-state index in [0.717, 1.165) is 24.6 Å². The van der Waals surface area contributed by atoms with Gasteiger partial charge >= 0.3 is 0 Å². The van der Waals surface area contributed by atoms with Crippen LogP contribution in [0.3, 0.4) is 0 Å². The van der Waals surface area contributed by atoms with E-state index < -0.39 is 9.84 Å². The fourth-order valence-corrected chi connectivity index (χ4v) is 4.70. The third-order valence-corrected chi connectivity index (χ3v) is 6.38. The second-order valence-corrected chi connectivity index (χ2v) is 10.3. The molecule has 1 aromatic rings. The topological polar surface area (TPSA) is 70.6 Å². The molecule has 0 aromatic heterocycles. The fourth-order valence-electron chi connectivity index (χ4n) is 4.07. The maximum atomic E-state index is 11.6. The average Bonchev–Trinajstić information content (AvgIpc) is 3.05. The molecule has 0 atom stereocenters. The van der Waals surface area contributed by atoms with E-state index in [2.05, 4.69) is 31.4 Å². The van der Waals surface area contributed by atoms with Crippen LogP contribution in [0.1, 0.15) is 58.4 Å². The van der Waals surface area contributed by atoms with E-state index in [0.29, 0.717) is 22.8 Å². The summed E-state index contributed by atoms with van der Waals surface area (Å²) in [6.07, 6.45) is 7.73. The minimum absolute atomic E-state index is 0. The number of sulfone groups is 1. The molecular formula is C21H36IN3O2S. The molecule has 2 N–H and O–H groups in total. The summed E-state index contributed by atoms with van der Waals surface area (Å²) in [5.74, 6) is 1.54. The van der Waals surface area contributed by atoms with Gasteiger partial charge in [0.15, 0.2) is 15.8 Å². The number of benzene rings is 1. The smallest absolute Gasteiger partial charge is 0.191 e. The van der Waals surface area contributed by atoms with Crippen molar-refractivity contribution in [2.24, 2.45) is 16.3 Å². The molecule has 0 spiro atoms. The number of rotatable bonds is 8. The van der Waals surface area contributed by atoms with Crippen LogP contribution in [0.25, 0.3) is 0 Å². The lowest BCUT2D eigenvalue weighted by molar-refractivity contribution is 0.235. The summed E-state index contributed by atoms with van der Waals surface area (Å²) >= 11 is 0. The van der Waals surface area contributed by atoms with Crippen LogP contribution in [0, 0.1) is 11.3 Å². The van der Waals surface area contributed by atoms with Crippen molar-refractivity contribution >= 4 is 39.8 Å². The van der Waals surface area contributed by atoms with E-state index in [-0.39, 0.29) is 24.0 Å². The van der Waals surface area contributed by atoms with Crippen LogP contribution in [0.4, 0.5) is 0 Å². The maximum Gasteiger partial charge on any atom is 0.191 e.